The minimum atomic E-state index is -1.16. The average Bonchev–Trinajstić information content (AvgIpc) is 3.19. The van der Waals surface area contributed by atoms with Crippen molar-refractivity contribution in [2.45, 2.75) is 19.3 Å². The summed E-state index contributed by atoms with van der Waals surface area (Å²) >= 11 is 0. The lowest BCUT2D eigenvalue weighted by Crippen LogP contribution is -2.37. The molecule has 152 valence electrons. The maximum absolute atomic E-state index is 13.4. The van der Waals surface area contributed by atoms with Crippen LogP contribution in [0.4, 0.5) is 5.82 Å². The van der Waals surface area contributed by atoms with E-state index in [-0.39, 0.29) is 5.91 Å². The fraction of sp³-hybridized carbons (Fsp3) is 0.182. The first kappa shape index (κ1) is 19.4. The van der Waals surface area contributed by atoms with Gasteiger partial charge in [0.2, 0.25) is 5.91 Å². The van der Waals surface area contributed by atoms with Gasteiger partial charge >= 0.3 is 11.9 Å². The third-order valence-corrected chi connectivity index (χ3v) is 5.01. The van der Waals surface area contributed by atoms with Crippen LogP contribution in [0.25, 0.3) is 0 Å². The summed E-state index contributed by atoms with van der Waals surface area (Å²) in [7, 11) is 1.75. The third-order valence-electron chi connectivity index (χ3n) is 5.01. The van der Waals surface area contributed by atoms with E-state index in [9.17, 15) is 14.4 Å². The number of rotatable bonds is 4. The largest absolute Gasteiger partial charge is 0.427 e. The maximum Gasteiger partial charge on any atom is 0.308 e. The van der Waals surface area contributed by atoms with Gasteiger partial charge in [-0.25, -0.2) is 0 Å². The molecule has 8 nitrogen and oxygen atoms in total. The molecule has 0 bridgehead atoms. The summed E-state index contributed by atoms with van der Waals surface area (Å²) in [5.41, 5.74) is 0.911. The quantitative estimate of drug-likeness (QED) is 0.529. The number of carbonyl (C=O) groups excluding carboxylic acids is 3. The summed E-state index contributed by atoms with van der Waals surface area (Å²) in [5.74, 6) is 0.297. The van der Waals surface area contributed by atoms with E-state index in [1.54, 1.807) is 66.5 Å². The average molecular weight is 405 g/mol. The van der Waals surface area contributed by atoms with Gasteiger partial charge in [-0.15, -0.1) is 0 Å². The number of amides is 1. The van der Waals surface area contributed by atoms with Crippen LogP contribution >= 0.6 is 0 Å². The van der Waals surface area contributed by atoms with Crippen molar-refractivity contribution in [3.05, 3.63) is 71.4 Å². The van der Waals surface area contributed by atoms with Gasteiger partial charge in [0.05, 0.1) is 6.20 Å². The molecule has 0 atom stereocenters. The zero-order valence-corrected chi connectivity index (χ0v) is 16.6. The molecule has 0 saturated heterocycles. The van der Waals surface area contributed by atoms with E-state index in [0.29, 0.717) is 34.0 Å². The molecule has 0 spiro atoms. The van der Waals surface area contributed by atoms with Crippen molar-refractivity contribution >= 4 is 23.7 Å². The summed E-state index contributed by atoms with van der Waals surface area (Å²) in [6.45, 7) is 2.65. The molecule has 1 amide bonds. The minimum absolute atomic E-state index is 0.231. The Labute approximate surface area is 172 Å². The van der Waals surface area contributed by atoms with Crippen LogP contribution < -0.4 is 14.8 Å². The van der Waals surface area contributed by atoms with Crippen molar-refractivity contribution in [3.63, 3.8) is 0 Å². The zero-order valence-electron chi connectivity index (χ0n) is 16.6. The molecule has 1 N–H and O–H groups in total. The molecule has 4 rings (SSSR count). The number of hydrogen-bond acceptors (Lipinski definition) is 6. The minimum Gasteiger partial charge on any atom is -0.427 e. The molecule has 1 aromatic heterocycles. The first-order valence-corrected chi connectivity index (χ1v) is 9.24. The van der Waals surface area contributed by atoms with Crippen molar-refractivity contribution < 1.29 is 23.9 Å². The topological polar surface area (TPSA) is 99.5 Å². The Morgan fingerprint density at radius 2 is 1.37 bits per heavy atom. The number of aromatic nitrogens is 2. The molecule has 2 aromatic carbocycles. The molecule has 0 fully saturated rings. The highest BCUT2D eigenvalue weighted by molar-refractivity contribution is 6.10. The molecular weight excluding hydrogens is 386 g/mol. The van der Waals surface area contributed by atoms with Gasteiger partial charge in [-0.2, -0.15) is 5.10 Å². The van der Waals surface area contributed by atoms with Crippen LogP contribution in [-0.4, -0.2) is 27.6 Å². The Hall–Kier alpha value is -3.94. The van der Waals surface area contributed by atoms with Crippen LogP contribution in [0.3, 0.4) is 0 Å². The van der Waals surface area contributed by atoms with Gasteiger partial charge in [0.1, 0.15) is 22.7 Å². The number of ether oxygens (including phenoxy) is 2. The van der Waals surface area contributed by atoms with Gasteiger partial charge in [0, 0.05) is 26.5 Å². The highest BCUT2D eigenvalue weighted by Crippen LogP contribution is 2.48. The van der Waals surface area contributed by atoms with Crippen molar-refractivity contribution in [1.82, 2.24) is 9.78 Å². The molecule has 30 heavy (non-hydrogen) atoms. The van der Waals surface area contributed by atoms with Crippen LogP contribution in [0.2, 0.25) is 0 Å². The Morgan fingerprint density at radius 3 is 1.80 bits per heavy atom. The van der Waals surface area contributed by atoms with E-state index >= 15 is 0 Å². The molecule has 0 radical (unpaired) electrons. The number of hydrogen-bond donors (Lipinski definition) is 1. The van der Waals surface area contributed by atoms with Gasteiger partial charge in [0.15, 0.2) is 0 Å². The van der Waals surface area contributed by atoms with Crippen LogP contribution in [0.1, 0.15) is 30.5 Å². The lowest BCUT2D eigenvalue weighted by atomic mass is 9.71. The smallest absolute Gasteiger partial charge is 0.308 e. The number of esters is 2. The van der Waals surface area contributed by atoms with Crippen molar-refractivity contribution in [1.29, 1.82) is 0 Å². The number of benzene rings is 2. The first-order chi connectivity index (χ1) is 14.3. The fourth-order valence-corrected chi connectivity index (χ4v) is 3.80. The molecule has 1 aliphatic heterocycles. The molecule has 3 aromatic rings. The van der Waals surface area contributed by atoms with Gasteiger partial charge in [-0.1, -0.05) is 24.3 Å². The van der Waals surface area contributed by atoms with Gasteiger partial charge in [0.25, 0.3) is 0 Å². The Bertz CT molecular complexity index is 1090. The van der Waals surface area contributed by atoms with Crippen LogP contribution in [-0.2, 0) is 26.8 Å². The van der Waals surface area contributed by atoms with Crippen molar-refractivity contribution in [3.8, 4) is 11.5 Å². The third kappa shape index (κ3) is 3.02. The lowest BCUT2D eigenvalue weighted by molar-refractivity contribution is -0.132. The normalized spacial score (nSPS) is 14.0. The van der Waals surface area contributed by atoms with Crippen LogP contribution in [0.15, 0.2) is 54.7 Å². The van der Waals surface area contributed by atoms with E-state index in [1.165, 1.54) is 13.8 Å². The second kappa shape index (κ2) is 7.14. The predicted molar refractivity (Wildman–Crippen MR) is 107 cm³/mol. The number of carbonyl (C=O) groups is 3. The summed E-state index contributed by atoms with van der Waals surface area (Å²) in [5, 5.41) is 7.21. The number of nitrogens with zero attached hydrogens (tertiary/aromatic N) is 2. The highest BCUT2D eigenvalue weighted by Gasteiger charge is 2.51. The molecule has 1 aliphatic rings. The number of nitrogens with one attached hydrogen (secondary N) is 1. The second-order valence-electron chi connectivity index (χ2n) is 6.97. The number of anilines is 1. The first-order valence-electron chi connectivity index (χ1n) is 9.24. The van der Waals surface area contributed by atoms with E-state index in [0.717, 1.165) is 0 Å². The van der Waals surface area contributed by atoms with E-state index in [4.69, 9.17) is 9.47 Å². The van der Waals surface area contributed by atoms with E-state index < -0.39 is 17.4 Å². The van der Waals surface area contributed by atoms with Crippen molar-refractivity contribution in [2.24, 2.45) is 7.05 Å². The molecule has 0 unspecified atom stereocenters. The maximum atomic E-state index is 13.4. The fourth-order valence-electron chi connectivity index (χ4n) is 3.80. The van der Waals surface area contributed by atoms with E-state index in [1.807, 2.05) is 0 Å². The number of fused-ring (bicyclic) bond motifs is 1. The van der Waals surface area contributed by atoms with Crippen LogP contribution in [0.5, 0.6) is 11.5 Å². The summed E-state index contributed by atoms with van der Waals surface area (Å²) in [6.07, 6.45) is 1.66. The molecule has 0 saturated carbocycles. The van der Waals surface area contributed by atoms with Gasteiger partial charge in [-0.05, 0) is 35.4 Å². The Kier molecular flexibility index (Phi) is 4.62. The molecule has 0 aliphatic carbocycles. The standard InChI is InChI=1S/C22H19N3O5/c1-13(26)29-17-8-4-15(5-9-17)22(16-6-10-18(11-7-16)30-14(2)27)19-12-23-25(3)20(19)24-21(22)28/h4-12H,1-3H3,(H,24,28). The summed E-state index contributed by atoms with van der Waals surface area (Å²) in [6, 6.07) is 13.6. The molecule has 2 heterocycles. The van der Waals surface area contributed by atoms with Crippen molar-refractivity contribution in [2.75, 3.05) is 5.32 Å². The predicted octanol–water partition coefficient (Wildman–Crippen LogP) is 2.56. The van der Waals surface area contributed by atoms with Gasteiger partial charge < -0.3 is 14.8 Å². The molecular formula is C22H19N3O5. The summed E-state index contributed by atoms with van der Waals surface area (Å²) in [4.78, 5) is 35.8. The zero-order chi connectivity index (χ0) is 21.5. The van der Waals surface area contributed by atoms with E-state index in [2.05, 4.69) is 10.4 Å². The van der Waals surface area contributed by atoms with Gasteiger partial charge in [-0.3, -0.25) is 19.1 Å². The number of aryl methyl sites for hydroxylation is 1. The lowest BCUT2D eigenvalue weighted by Gasteiger charge is -2.28. The SMILES string of the molecule is CC(=O)Oc1ccc(C2(c3ccc(OC(C)=O)cc3)C(=O)Nc3c2cnn3C)cc1. The summed E-state index contributed by atoms with van der Waals surface area (Å²) < 4.78 is 11.8. The Balaban J connectivity index is 1.88. The van der Waals surface area contributed by atoms with Crippen LogP contribution in [0, 0.1) is 0 Å². The Morgan fingerprint density at radius 1 is 0.900 bits per heavy atom. The molecule has 8 heteroatoms. The highest BCUT2D eigenvalue weighted by atomic mass is 16.5. The second-order valence-corrected chi connectivity index (χ2v) is 6.97. The monoisotopic (exact) mass is 405 g/mol.